The summed E-state index contributed by atoms with van der Waals surface area (Å²) in [5.41, 5.74) is -0.348. The molecule has 0 aliphatic carbocycles. The number of methoxy groups -OCH3 is 1. The molecule has 0 saturated heterocycles. The number of hydrogen-bond donors (Lipinski definition) is 0. The maximum atomic E-state index is 12.2. The van der Waals surface area contributed by atoms with Gasteiger partial charge in [0.2, 0.25) is 5.88 Å². The normalized spacial score (nSPS) is 10.9. The van der Waals surface area contributed by atoms with Crippen LogP contribution in [0.3, 0.4) is 0 Å². The second-order valence-electron chi connectivity index (χ2n) is 5.43. The number of carbonyl (C=O) groups excluding carboxylic acids is 2. The van der Waals surface area contributed by atoms with Gasteiger partial charge in [-0.15, -0.1) is 0 Å². The van der Waals surface area contributed by atoms with Gasteiger partial charge in [0.1, 0.15) is 5.60 Å². The van der Waals surface area contributed by atoms with Crippen molar-refractivity contribution < 1.29 is 23.5 Å². The van der Waals surface area contributed by atoms with E-state index in [1.165, 1.54) is 18.3 Å². The lowest BCUT2D eigenvalue weighted by molar-refractivity contribution is -0.136. The predicted octanol–water partition coefficient (Wildman–Crippen LogP) is 3.14. The van der Waals surface area contributed by atoms with Crippen molar-refractivity contribution in [3.05, 3.63) is 30.5 Å². The molecule has 0 aliphatic rings. The number of esters is 1. The van der Waals surface area contributed by atoms with E-state index in [4.69, 9.17) is 9.15 Å². The molecule has 6 nitrogen and oxygen atoms in total. The van der Waals surface area contributed by atoms with Crippen molar-refractivity contribution in [2.75, 3.05) is 18.6 Å². The number of nitrogens with zero attached hydrogens (tertiary/aromatic N) is 1. The number of hydrogen-bond acceptors (Lipinski definition) is 5. The first kappa shape index (κ1) is 16.8. The van der Waals surface area contributed by atoms with Crippen molar-refractivity contribution in [3.8, 4) is 0 Å². The van der Waals surface area contributed by atoms with Crippen molar-refractivity contribution in [2.24, 2.45) is 0 Å². The molecule has 116 valence electrons. The molecule has 1 amide bonds. The molecule has 0 radical (unpaired) electrons. The Bertz CT molecular complexity index is 499. The van der Waals surface area contributed by atoms with Crippen LogP contribution in [0.15, 0.2) is 35.0 Å². The lowest BCUT2D eigenvalue weighted by atomic mass is 10.2. The molecular formula is C15H21NO5. The molecule has 1 rings (SSSR count). The van der Waals surface area contributed by atoms with E-state index in [0.29, 0.717) is 5.88 Å². The van der Waals surface area contributed by atoms with Crippen LogP contribution in [0.25, 0.3) is 0 Å². The molecule has 1 aromatic heterocycles. The van der Waals surface area contributed by atoms with Crippen LogP contribution in [0.5, 0.6) is 0 Å². The summed E-state index contributed by atoms with van der Waals surface area (Å²) in [5.74, 6) is -0.152. The van der Waals surface area contributed by atoms with Crippen LogP contribution >= 0.6 is 0 Å². The summed E-state index contributed by atoms with van der Waals surface area (Å²) in [7, 11) is 1.28. The number of anilines is 1. The van der Waals surface area contributed by atoms with Gasteiger partial charge in [-0.1, -0.05) is 6.58 Å². The quantitative estimate of drug-likeness (QED) is 0.616. The standard InChI is InChI=1S/C15H21NO5/c1-11(13(17)19-5)8-9-16(12-7-6-10-20-12)14(18)21-15(2,3)4/h6-7,10H,1,8-9H2,2-5H3. The Morgan fingerprint density at radius 2 is 2.05 bits per heavy atom. The smallest absolute Gasteiger partial charge is 0.417 e. The summed E-state index contributed by atoms with van der Waals surface area (Å²) in [4.78, 5) is 24.9. The van der Waals surface area contributed by atoms with Gasteiger partial charge in [0.05, 0.1) is 13.4 Å². The van der Waals surface area contributed by atoms with E-state index >= 15 is 0 Å². The van der Waals surface area contributed by atoms with E-state index in [1.54, 1.807) is 32.9 Å². The van der Waals surface area contributed by atoms with Crippen LogP contribution in [0.4, 0.5) is 10.7 Å². The summed E-state index contributed by atoms with van der Waals surface area (Å²) in [6.07, 6.45) is 1.17. The Balaban J connectivity index is 2.78. The van der Waals surface area contributed by atoms with Crippen LogP contribution in [0.2, 0.25) is 0 Å². The molecule has 0 aromatic carbocycles. The monoisotopic (exact) mass is 295 g/mol. The van der Waals surface area contributed by atoms with Crippen LogP contribution < -0.4 is 4.90 Å². The summed E-state index contributed by atoms with van der Waals surface area (Å²) in [6, 6.07) is 3.31. The third-order valence-corrected chi connectivity index (χ3v) is 2.50. The van der Waals surface area contributed by atoms with E-state index in [2.05, 4.69) is 11.3 Å². The first-order valence-corrected chi connectivity index (χ1v) is 6.54. The topological polar surface area (TPSA) is 69.0 Å². The lowest BCUT2D eigenvalue weighted by Crippen LogP contribution is -2.37. The van der Waals surface area contributed by atoms with Crippen molar-refractivity contribution in [1.29, 1.82) is 0 Å². The predicted molar refractivity (Wildman–Crippen MR) is 78.1 cm³/mol. The van der Waals surface area contributed by atoms with Gasteiger partial charge in [-0.05, 0) is 33.3 Å². The minimum Gasteiger partial charge on any atom is -0.466 e. The largest absolute Gasteiger partial charge is 0.466 e. The molecule has 0 spiro atoms. The summed E-state index contributed by atoms with van der Waals surface area (Å²) < 4.78 is 15.1. The van der Waals surface area contributed by atoms with Gasteiger partial charge in [-0.25, -0.2) is 14.5 Å². The Hall–Kier alpha value is -2.24. The second-order valence-corrected chi connectivity index (χ2v) is 5.43. The molecule has 6 heteroatoms. The van der Waals surface area contributed by atoms with Gasteiger partial charge in [0.25, 0.3) is 0 Å². The van der Waals surface area contributed by atoms with Gasteiger partial charge >= 0.3 is 12.1 Å². The zero-order valence-corrected chi connectivity index (χ0v) is 12.8. The third-order valence-electron chi connectivity index (χ3n) is 2.50. The van der Waals surface area contributed by atoms with Crippen molar-refractivity contribution in [3.63, 3.8) is 0 Å². The van der Waals surface area contributed by atoms with E-state index in [9.17, 15) is 9.59 Å². The molecule has 0 atom stereocenters. The fourth-order valence-corrected chi connectivity index (χ4v) is 1.53. The van der Waals surface area contributed by atoms with Crippen LogP contribution in [-0.2, 0) is 14.3 Å². The summed E-state index contributed by atoms with van der Waals surface area (Å²) in [6.45, 7) is 9.16. The van der Waals surface area contributed by atoms with Gasteiger partial charge in [0, 0.05) is 18.2 Å². The molecular weight excluding hydrogens is 274 g/mol. The van der Waals surface area contributed by atoms with Crippen LogP contribution in [0.1, 0.15) is 27.2 Å². The number of carbonyl (C=O) groups is 2. The van der Waals surface area contributed by atoms with E-state index in [1.807, 2.05) is 0 Å². The fourth-order valence-electron chi connectivity index (χ4n) is 1.53. The zero-order chi connectivity index (χ0) is 16.0. The molecule has 21 heavy (non-hydrogen) atoms. The highest BCUT2D eigenvalue weighted by Crippen LogP contribution is 2.20. The molecule has 0 fully saturated rings. The van der Waals surface area contributed by atoms with Gasteiger partial charge in [0.15, 0.2) is 0 Å². The highest BCUT2D eigenvalue weighted by atomic mass is 16.6. The average molecular weight is 295 g/mol. The van der Waals surface area contributed by atoms with Crippen molar-refractivity contribution >= 4 is 17.9 Å². The molecule has 1 aromatic rings. The van der Waals surface area contributed by atoms with Gasteiger partial charge in [-0.2, -0.15) is 0 Å². The third kappa shape index (κ3) is 5.33. The van der Waals surface area contributed by atoms with Crippen LogP contribution in [0, 0.1) is 0 Å². The van der Waals surface area contributed by atoms with Crippen LogP contribution in [-0.4, -0.2) is 31.3 Å². The average Bonchev–Trinajstić information content (AvgIpc) is 2.89. The Morgan fingerprint density at radius 3 is 2.52 bits per heavy atom. The number of rotatable bonds is 5. The van der Waals surface area contributed by atoms with E-state index in [0.717, 1.165) is 0 Å². The molecule has 0 aliphatic heterocycles. The lowest BCUT2D eigenvalue weighted by Gasteiger charge is -2.25. The molecule has 0 saturated carbocycles. The molecule has 0 bridgehead atoms. The number of amides is 1. The fraction of sp³-hybridized carbons (Fsp3) is 0.467. The van der Waals surface area contributed by atoms with E-state index < -0.39 is 17.7 Å². The minimum absolute atomic E-state index is 0.205. The van der Waals surface area contributed by atoms with Crippen molar-refractivity contribution in [2.45, 2.75) is 32.8 Å². The van der Waals surface area contributed by atoms with Crippen molar-refractivity contribution in [1.82, 2.24) is 0 Å². The maximum Gasteiger partial charge on any atom is 0.417 e. The number of ether oxygens (including phenoxy) is 2. The summed E-state index contributed by atoms with van der Waals surface area (Å²) in [5, 5.41) is 0. The molecule has 0 unspecified atom stereocenters. The zero-order valence-electron chi connectivity index (χ0n) is 12.8. The van der Waals surface area contributed by atoms with E-state index in [-0.39, 0.29) is 18.5 Å². The van der Waals surface area contributed by atoms with Gasteiger partial charge in [-0.3, -0.25) is 0 Å². The highest BCUT2D eigenvalue weighted by Gasteiger charge is 2.25. The molecule has 1 heterocycles. The minimum atomic E-state index is -0.624. The number of furan rings is 1. The molecule has 0 N–H and O–H groups in total. The first-order valence-electron chi connectivity index (χ1n) is 6.54. The van der Waals surface area contributed by atoms with Gasteiger partial charge < -0.3 is 13.9 Å². The second kappa shape index (κ2) is 6.97. The maximum absolute atomic E-state index is 12.2. The Morgan fingerprint density at radius 1 is 1.38 bits per heavy atom. The Labute approximate surface area is 124 Å². The SMILES string of the molecule is C=C(CCN(C(=O)OC(C)(C)C)c1ccco1)C(=O)OC. The highest BCUT2D eigenvalue weighted by molar-refractivity contribution is 5.89. The Kier molecular flexibility index (Phi) is 5.58. The first-order chi connectivity index (χ1) is 9.74. The summed E-state index contributed by atoms with van der Waals surface area (Å²) >= 11 is 0.